The first-order valence-corrected chi connectivity index (χ1v) is 4.80. The minimum absolute atomic E-state index is 0.271. The highest BCUT2D eigenvalue weighted by molar-refractivity contribution is 5.69. The van der Waals surface area contributed by atoms with Crippen molar-refractivity contribution in [1.82, 2.24) is 0 Å². The van der Waals surface area contributed by atoms with Gasteiger partial charge >= 0.3 is 11.9 Å². The van der Waals surface area contributed by atoms with Crippen molar-refractivity contribution in [2.24, 2.45) is 0 Å². The second-order valence-corrected chi connectivity index (χ2v) is 2.76. The minimum atomic E-state index is -0.284. The fourth-order valence-corrected chi connectivity index (χ4v) is 0.747. The van der Waals surface area contributed by atoms with Crippen molar-refractivity contribution in [3.05, 3.63) is 0 Å². The highest BCUT2D eigenvalue weighted by Gasteiger charge is 1.95. The number of hydrogen-bond acceptors (Lipinski definition) is 4. The zero-order valence-electron chi connectivity index (χ0n) is 9.46. The Kier molecular flexibility index (Phi) is 8.44. The summed E-state index contributed by atoms with van der Waals surface area (Å²) in [4.78, 5) is 21.4. The van der Waals surface area contributed by atoms with Crippen LogP contribution in [0.15, 0.2) is 0 Å². The molecule has 0 spiro atoms. The van der Waals surface area contributed by atoms with E-state index in [-0.39, 0.29) is 24.8 Å². The van der Waals surface area contributed by atoms with E-state index in [0.717, 1.165) is 0 Å². The molecule has 0 amide bonds. The van der Waals surface area contributed by atoms with Gasteiger partial charge in [-0.2, -0.15) is 0 Å². The minimum Gasteiger partial charge on any atom is -0.469 e. The quantitative estimate of drug-likeness (QED) is 0.524. The molecule has 0 aliphatic carbocycles. The van der Waals surface area contributed by atoms with Gasteiger partial charge in [0.1, 0.15) is 0 Å². The Bertz CT molecular complexity index is 313. The van der Waals surface area contributed by atoms with Crippen molar-refractivity contribution in [2.45, 2.75) is 25.7 Å². The monoisotopic (exact) mass is 222 g/mol. The molecule has 0 aliphatic heterocycles. The molecule has 0 radical (unpaired) electrons. The molecule has 16 heavy (non-hydrogen) atoms. The van der Waals surface area contributed by atoms with Crippen LogP contribution in [0.5, 0.6) is 0 Å². The lowest BCUT2D eigenvalue weighted by Gasteiger charge is -1.91. The first-order chi connectivity index (χ1) is 7.70. The Morgan fingerprint density at radius 3 is 1.56 bits per heavy atom. The number of hydrogen-bond donors (Lipinski definition) is 0. The summed E-state index contributed by atoms with van der Waals surface area (Å²) in [6.07, 6.45) is 1.40. The third-order valence-electron chi connectivity index (χ3n) is 1.60. The lowest BCUT2D eigenvalue weighted by atomic mass is 10.3. The number of rotatable bonds is 4. The molecular formula is C12H14O4. The second-order valence-electron chi connectivity index (χ2n) is 2.76. The molecule has 4 nitrogen and oxygen atoms in total. The first-order valence-electron chi connectivity index (χ1n) is 4.80. The van der Waals surface area contributed by atoms with Crippen LogP contribution < -0.4 is 0 Å². The van der Waals surface area contributed by atoms with Crippen molar-refractivity contribution in [2.75, 3.05) is 14.2 Å². The predicted molar refractivity (Wildman–Crippen MR) is 58.1 cm³/mol. The van der Waals surface area contributed by atoms with E-state index in [1.54, 1.807) is 0 Å². The fraction of sp³-hybridized carbons (Fsp3) is 0.500. The lowest BCUT2D eigenvalue weighted by molar-refractivity contribution is -0.141. The third kappa shape index (κ3) is 8.65. The van der Waals surface area contributed by atoms with Gasteiger partial charge in [0, 0.05) is 12.8 Å². The van der Waals surface area contributed by atoms with Gasteiger partial charge < -0.3 is 9.47 Å². The topological polar surface area (TPSA) is 52.6 Å². The van der Waals surface area contributed by atoms with E-state index in [1.165, 1.54) is 14.2 Å². The van der Waals surface area contributed by atoms with Crippen molar-refractivity contribution >= 4 is 11.9 Å². The van der Waals surface area contributed by atoms with E-state index in [2.05, 4.69) is 33.2 Å². The summed E-state index contributed by atoms with van der Waals surface area (Å²) < 4.78 is 8.88. The van der Waals surface area contributed by atoms with Crippen molar-refractivity contribution in [3.63, 3.8) is 0 Å². The van der Waals surface area contributed by atoms with E-state index in [4.69, 9.17) is 0 Å². The van der Waals surface area contributed by atoms with Gasteiger partial charge in [0.2, 0.25) is 0 Å². The Balaban J connectivity index is 3.63. The molecule has 0 N–H and O–H groups in total. The third-order valence-corrected chi connectivity index (χ3v) is 1.60. The molecule has 0 saturated heterocycles. The first kappa shape index (κ1) is 14.1. The maximum absolute atomic E-state index is 10.7. The average Bonchev–Trinajstić information content (AvgIpc) is 2.31. The van der Waals surface area contributed by atoms with Gasteiger partial charge in [0.05, 0.1) is 27.1 Å². The van der Waals surface area contributed by atoms with Gasteiger partial charge in [-0.1, -0.05) is 11.8 Å². The van der Waals surface area contributed by atoms with Crippen molar-refractivity contribution in [1.29, 1.82) is 0 Å². The number of carbonyl (C=O) groups is 2. The zero-order chi connectivity index (χ0) is 12.2. The summed E-state index contributed by atoms with van der Waals surface area (Å²) in [5.41, 5.74) is 0. The molecule has 4 heteroatoms. The molecule has 0 aliphatic rings. The maximum Gasteiger partial charge on any atom is 0.306 e. The van der Waals surface area contributed by atoms with E-state index < -0.39 is 0 Å². The Hall–Kier alpha value is -1.94. The molecule has 0 atom stereocenters. The van der Waals surface area contributed by atoms with Gasteiger partial charge in [-0.05, 0) is 11.8 Å². The summed E-state index contributed by atoms with van der Waals surface area (Å²) >= 11 is 0. The zero-order valence-corrected chi connectivity index (χ0v) is 9.46. The summed E-state index contributed by atoms with van der Waals surface area (Å²) in [6, 6.07) is 0. The highest BCUT2D eigenvalue weighted by atomic mass is 16.5. The lowest BCUT2D eigenvalue weighted by Crippen LogP contribution is -1.98. The number of carbonyl (C=O) groups excluding carboxylic acids is 2. The molecular weight excluding hydrogens is 208 g/mol. The van der Waals surface area contributed by atoms with Crippen LogP contribution in [0.4, 0.5) is 0 Å². The SMILES string of the molecule is COC(=O)CCC#CC#CCCC(=O)OC. The predicted octanol–water partition coefficient (Wildman–Crippen LogP) is 0.900. The van der Waals surface area contributed by atoms with Gasteiger partial charge in [-0.3, -0.25) is 9.59 Å². The van der Waals surface area contributed by atoms with Crippen LogP contribution in [0, 0.1) is 23.7 Å². The number of esters is 2. The van der Waals surface area contributed by atoms with E-state index in [9.17, 15) is 9.59 Å². The molecule has 0 aromatic carbocycles. The van der Waals surface area contributed by atoms with Gasteiger partial charge in [0.15, 0.2) is 0 Å². The molecule has 0 aromatic heterocycles. The van der Waals surface area contributed by atoms with Gasteiger partial charge in [-0.25, -0.2) is 0 Å². The summed E-state index contributed by atoms with van der Waals surface area (Å²) in [6.45, 7) is 0. The normalized spacial score (nSPS) is 7.88. The molecule has 0 bridgehead atoms. The highest BCUT2D eigenvalue weighted by Crippen LogP contribution is 1.89. The van der Waals surface area contributed by atoms with Crippen LogP contribution in [0.3, 0.4) is 0 Å². The molecule has 0 rings (SSSR count). The largest absolute Gasteiger partial charge is 0.469 e. The number of ether oxygens (including phenoxy) is 2. The molecule has 0 unspecified atom stereocenters. The molecule has 0 saturated carbocycles. The molecule has 0 aromatic rings. The van der Waals surface area contributed by atoms with Crippen LogP contribution in [-0.2, 0) is 19.1 Å². The molecule has 0 heterocycles. The van der Waals surface area contributed by atoms with Crippen LogP contribution in [-0.4, -0.2) is 26.2 Å². The van der Waals surface area contributed by atoms with Crippen LogP contribution in [0.1, 0.15) is 25.7 Å². The standard InChI is InChI=1S/C12H14O4/c1-15-11(13)9-7-5-3-4-6-8-10-12(14)16-2/h7-10H2,1-2H3. The van der Waals surface area contributed by atoms with Gasteiger partial charge in [0.25, 0.3) is 0 Å². The van der Waals surface area contributed by atoms with Gasteiger partial charge in [-0.15, -0.1) is 0 Å². The fourth-order valence-electron chi connectivity index (χ4n) is 0.747. The van der Waals surface area contributed by atoms with E-state index in [0.29, 0.717) is 12.8 Å². The van der Waals surface area contributed by atoms with Crippen molar-refractivity contribution in [3.8, 4) is 23.7 Å². The van der Waals surface area contributed by atoms with E-state index in [1.807, 2.05) is 0 Å². The van der Waals surface area contributed by atoms with Crippen LogP contribution >= 0.6 is 0 Å². The van der Waals surface area contributed by atoms with Crippen LogP contribution in [0.25, 0.3) is 0 Å². The maximum atomic E-state index is 10.7. The summed E-state index contributed by atoms with van der Waals surface area (Å²) in [7, 11) is 2.67. The van der Waals surface area contributed by atoms with E-state index >= 15 is 0 Å². The Morgan fingerprint density at radius 1 is 0.875 bits per heavy atom. The molecule has 86 valence electrons. The van der Waals surface area contributed by atoms with Crippen molar-refractivity contribution < 1.29 is 19.1 Å². The Labute approximate surface area is 95.3 Å². The second kappa shape index (κ2) is 9.61. The average molecular weight is 222 g/mol. The summed E-state index contributed by atoms with van der Waals surface area (Å²) in [5.74, 6) is 10.0. The summed E-state index contributed by atoms with van der Waals surface area (Å²) in [5, 5.41) is 0. The molecule has 0 fully saturated rings. The van der Waals surface area contributed by atoms with Crippen LogP contribution in [0.2, 0.25) is 0 Å². The smallest absolute Gasteiger partial charge is 0.306 e. The number of methoxy groups -OCH3 is 2. The Morgan fingerprint density at radius 2 is 1.25 bits per heavy atom.